The Morgan fingerprint density at radius 3 is 2.24 bits per heavy atom. The van der Waals surface area contributed by atoms with E-state index in [-0.39, 0.29) is 5.60 Å². The van der Waals surface area contributed by atoms with Crippen molar-refractivity contribution in [3.63, 3.8) is 0 Å². The molecule has 0 aromatic carbocycles. The molecule has 0 radical (unpaired) electrons. The van der Waals surface area contributed by atoms with Crippen LogP contribution in [-0.4, -0.2) is 24.3 Å². The average Bonchev–Trinajstić information content (AvgIpc) is 3.09. The molecule has 0 spiro atoms. The summed E-state index contributed by atoms with van der Waals surface area (Å²) in [5.41, 5.74) is 1.05. The summed E-state index contributed by atoms with van der Waals surface area (Å²) < 4.78 is 6.95. The monoisotopic (exact) mass is 291 g/mol. The predicted molar refractivity (Wildman–Crippen MR) is 86.3 cm³/mol. The molecule has 3 unspecified atom stereocenters. The summed E-state index contributed by atoms with van der Waals surface area (Å²) in [6.07, 6.45) is 12.7. The fourth-order valence-electron chi connectivity index (χ4n) is 5.58. The van der Waals surface area contributed by atoms with Crippen molar-refractivity contribution in [1.29, 1.82) is 0 Å². The second-order valence-electron chi connectivity index (χ2n) is 9.26. The fraction of sp³-hybridized carbons (Fsp3) is 1.00. The Balaban J connectivity index is 1.48. The normalized spacial score (nSPS) is 43.6. The van der Waals surface area contributed by atoms with E-state index in [9.17, 15) is 0 Å². The van der Waals surface area contributed by atoms with E-state index in [0.717, 1.165) is 18.5 Å². The molecule has 120 valence electrons. The maximum atomic E-state index is 6.95. The van der Waals surface area contributed by atoms with E-state index < -0.39 is 0 Å². The zero-order valence-corrected chi connectivity index (χ0v) is 14.2. The third-order valence-corrected chi connectivity index (χ3v) is 7.91. The summed E-state index contributed by atoms with van der Waals surface area (Å²) in [4.78, 5) is 0. The van der Waals surface area contributed by atoms with Gasteiger partial charge in [-0.05, 0) is 61.7 Å². The molecule has 4 rings (SSSR count). The summed E-state index contributed by atoms with van der Waals surface area (Å²) in [6, 6.07) is 0.804. The number of hydrogen-bond donors (Lipinski definition) is 1. The zero-order valence-electron chi connectivity index (χ0n) is 14.2. The van der Waals surface area contributed by atoms with Crippen LogP contribution in [-0.2, 0) is 4.74 Å². The van der Waals surface area contributed by atoms with Gasteiger partial charge in [-0.25, -0.2) is 0 Å². The van der Waals surface area contributed by atoms with Gasteiger partial charge in [0.25, 0.3) is 0 Å². The molecule has 21 heavy (non-hydrogen) atoms. The lowest BCUT2D eigenvalue weighted by Crippen LogP contribution is -2.48. The van der Waals surface area contributed by atoms with E-state index in [1.165, 1.54) is 57.8 Å². The van der Waals surface area contributed by atoms with Crippen molar-refractivity contribution < 1.29 is 4.74 Å². The molecule has 2 heteroatoms. The van der Waals surface area contributed by atoms with E-state index in [1.807, 2.05) is 0 Å². The van der Waals surface area contributed by atoms with E-state index in [2.05, 4.69) is 26.1 Å². The first kappa shape index (κ1) is 14.5. The Kier molecular flexibility index (Phi) is 3.25. The van der Waals surface area contributed by atoms with Crippen LogP contribution in [0.2, 0.25) is 0 Å². The molecule has 0 amide bonds. The Morgan fingerprint density at radius 2 is 1.71 bits per heavy atom. The fourth-order valence-corrected chi connectivity index (χ4v) is 5.58. The van der Waals surface area contributed by atoms with Crippen LogP contribution < -0.4 is 5.32 Å². The summed E-state index contributed by atoms with van der Waals surface area (Å²) in [5.74, 6) is 0.891. The van der Waals surface area contributed by atoms with Gasteiger partial charge >= 0.3 is 0 Å². The van der Waals surface area contributed by atoms with Gasteiger partial charge in [-0.15, -0.1) is 0 Å². The Bertz CT molecular complexity index is 408. The molecule has 1 N–H and O–H groups in total. The topological polar surface area (TPSA) is 21.3 Å². The largest absolute Gasteiger partial charge is 0.370 e. The standard InChI is InChI=1S/C19H33NO/c1-17(2)14-8-11-18(17,3)16(12-14)21-19(9-4-5-10-19)13-20-15-6-7-15/h14-16,20H,4-13H2,1-3H3. The molecule has 4 aliphatic carbocycles. The quantitative estimate of drug-likeness (QED) is 0.816. The van der Waals surface area contributed by atoms with Crippen LogP contribution in [0, 0.1) is 16.7 Å². The first-order valence-corrected chi connectivity index (χ1v) is 9.36. The van der Waals surface area contributed by atoms with Gasteiger partial charge < -0.3 is 10.1 Å². The maximum Gasteiger partial charge on any atom is 0.0810 e. The molecule has 2 nitrogen and oxygen atoms in total. The third kappa shape index (κ3) is 2.20. The molecule has 0 aliphatic heterocycles. The number of ether oxygens (including phenoxy) is 1. The van der Waals surface area contributed by atoms with E-state index >= 15 is 0 Å². The molecule has 0 heterocycles. The van der Waals surface area contributed by atoms with Gasteiger partial charge in [0.05, 0.1) is 11.7 Å². The molecule has 0 aromatic heterocycles. The van der Waals surface area contributed by atoms with Crippen LogP contribution in [0.15, 0.2) is 0 Å². The smallest absolute Gasteiger partial charge is 0.0810 e. The van der Waals surface area contributed by atoms with Gasteiger partial charge in [-0.1, -0.05) is 33.6 Å². The number of hydrogen-bond acceptors (Lipinski definition) is 2. The Labute approximate surface area is 130 Å². The van der Waals surface area contributed by atoms with Crippen LogP contribution in [0.5, 0.6) is 0 Å². The lowest BCUT2D eigenvalue weighted by atomic mass is 9.70. The summed E-state index contributed by atoms with van der Waals surface area (Å²) >= 11 is 0. The molecular weight excluding hydrogens is 258 g/mol. The average molecular weight is 291 g/mol. The van der Waals surface area contributed by atoms with E-state index in [4.69, 9.17) is 4.74 Å². The van der Waals surface area contributed by atoms with Crippen molar-refractivity contribution >= 4 is 0 Å². The molecule has 0 aromatic rings. The van der Waals surface area contributed by atoms with Gasteiger partial charge in [-0.3, -0.25) is 0 Å². The zero-order chi connectivity index (χ0) is 14.7. The molecule has 2 bridgehead atoms. The highest BCUT2D eigenvalue weighted by molar-refractivity contribution is 5.12. The lowest BCUT2D eigenvalue weighted by molar-refractivity contribution is -0.140. The van der Waals surface area contributed by atoms with Gasteiger partial charge in [0.1, 0.15) is 0 Å². The Morgan fingerprint density at radius 1 is 1.00 bits per heavy atom. The highest BCUT2D eigenvalue weighted by Gasteiger charge is 2.63. The van der Waals surface area contributed by atoms with E-state index in [1.54, 1.807) is 0 Å². The summed E-state index contributed by atoms with van der Waals surface area (Å²) in [6.45, 7) is 8.62. The highest BCUT2D eigenvalue weighted by atomic mass is 16.5. The Hall–Kier alpha value is -0.0800. The molecule has 3 atom stereocenters. The van der Waals surface area contributed by atoms with Crippen molar-refractivity contribution in [1.82, 2.24) is 5.32 Å². The number of nitrogens with one attached hydrogen (secondary N) is 1. The van der Waals surface area contributed by atoms with Crippen molar-refractivity contribution in [2.75, 3.05) is 6.54 Å². The lowest BCUT2D eigenvalue weighted by Gasteiger charge is -2.43. The summed E-state index contributed by atoms with van der Waals surface area (Å²) in [5, 5.41) is 3.77. The van der Waals surface area contributed by atoms with E-state index in [0.29, 0.717) is 16.9 Å². The molecule has 4 saturated carbocycles. The molecule has 4 aliphatic rings. The van der Waals surface area contributed by atoms with Crippen LogP contribution in [0.3, 0.4) is 0 Å². The van der Waals surface area contributed by atoms with Crippen molar-refractivity contribution in [2.24, 2.45) is 16.7 Å². The van der Waals surface area contributed by atoms with Crippen LogP contribution >= 0.6 is 0 Å². The second-order valence-corrected chi connectivity index (χ2v) is 9.26. The predicted octanol–water partition coefficient (Wildman–Crippen LogP) is 4.28. The van der Waals surface area contributed by atoms with Gasteiger partial charge in [0.15, 0.2) is 0 Å². The van der Waals surface area contributed by atoms with Crippen molar-refractivity contribution in [2.45, 2.75) is 96.3 Å². The number of rotatable bonds is 5. The second kappa shape index (κ2) is 4.71. The number of fused-ring (bicyclic) bond motifs is 2. The van der Waals surface area contributed by atoms with Gasteiger partial charge in [0.2, 0.25) is 0 Å². The highest BCUT2D eigenvalue weighted by Crippen LogP contribution is 2.67. The molecular formula is C19H33NO. The molecule has 0 saturated heterocycles. The van der Waals surface area contributed by atoms with Crippen LogP contribution in [0.1, 0.15) is 78.6 Å². The minimum atomic E-state index is 0.164. The first-order chi connectivity index (χ1) is 9.95. The summed E-state index contributed by atoms with van der Waals surface area (Å²) in [7, 11) is 0. The van der Waals surface area contributed by atoms with Gasteiger partial charge in [0, 0.05) is 12.6 Å². The maximum absolute atomic E-state index is 6.95. The SMILES string of the molecule is CC1(C)C2CCC1(C)C(OC1(CNC3CC3)CCCC1)C2. The molecule has 4 fully saturated rings. The van der Waals surface area contributed by atoms with Gasteiger partial charge in [-0.2, -0.15) is 0 Å². The third-order valence-electron chi connectivity index (χ3n) is 7.91. The first-order valence-electron chi connectivity index (χ1n) is 9.36. The minimum Gasteiger partial charge on any atom is -0.370 e. The minimum absolute atomic E-state index is 0.164. The van der Waals surface area contributed by atoms with Crippen molar-refractivity contribution in [3.05, 3.63) is 0 Å². The van der Waals surface area contributed by atoms with Crippen molar-refractivity contribution in [3.8, 4) is 0 Å². The van der Waals surface area contributed by atoms with Crippen LogP contribution in [0.4, 0.5) is 0 Å². The van der Waals surface area contributed by atoms with Crippen LogP contribution in [0.25, 0.3) is 0 Å².